The Morgan fingerprint density at radius 1 is 1.07 bits per heavy atom. The molecule has 0 amide bonds. The topological polar surface area (TPSA) is 143 Å². The summed E-state index contributed by atoms with van der Waals surface area (Å²) in [5.74, 6) is 0.664. The van der Waals surface area contributed by atoms with E-state index in [0.29, 0.717) is 36.9 Å². The SMILES string of the molecule is Cc1cc(OCc2cccc(-c3ccc4c(c3)OCCO4)c2C)cc(OCc2cncc(C#N)c2)c1CN=CCC(CO)C(=O)O. The summed E-state index contributed by atoms with van der Waals surface area (Å²) in [6, 6.07) is 19.6. The lowest BCUT2D eigenvalue weighted by Crippen LogP contribution is -2.18. The Morgan fingerprint density at radius 2 is 1.89 bits per heavy atom. The molecule has 1 unspecified atom stereocenters. The van der Waals surface area contributed by atoms with E-state index in [1.165, 1.54) is 12.4 Å². The molecular weight excluding hydrogens is 586 g/mol. The lowest BCUT2D eigenvalue weighted by atomic mass is 9.96. The fourth-order valence-corrected chi connectivity index (χ4v) is 5.09. The van der Waals surface area contributed by atoms with Crippen LogP contribution >= 0.6 is 0 Å². The number of aliphatic imine (C=N–C) groups is 1. The normalized spacial score (nSPS) is 12.8. The Balaban J connectivity index is 1.36. The van der Waals surface area contributed by atoms with E-state index in [0.717, 1.165) is 50.4 Å². The highest BCUT2D eigenvalue weighted by molar-refractivity contribution is 5.75. The summed E-state index contributed by atoms with van der Waals surface area (Å²) in [6.45, 7) is 5.35. The fraction of sp³-hybridized carbons (Fsp3) is 0.278. The van der Waals surface area contributed by atoms with Gasteiger partial charge in [0.15, 0.2) is 11.5 Å². The van der Waals surface area contributed by atoms with Gasteiger partial charge in [-0.2, -0.15) is 5.26 Å². The summed E-state index contributed by atoms with van der Waals surface area (Å²) in [5, 5.41) is 27.8. The van der Waals surface area contributed by atoms with Gasteiger partial charge in [0.05, 0.1) is 24.6 Å². The van der Waals surface area contributed by atoms with Crippen LogP contribution in [0.1, 0.15) is 39.8 Å². The fourth-order valence-electron chi connectivity index (χ4n) is 5.09. The summed E-state index contributed by atoms with van der Waals surface area (Å²) in [5.41, 5.74) is 7.08. The maximum atomic E-state index is 11.2. The van der Waals surface area contributed by atoms with Crippen LogP contribution in [-0.4, -0.2) is 47.2 Å². The van der Waals surface area contributed by atoms with Crippen molar-refractivity contribution in [3.8, 4) is 40.2 Å². The molecule has 0 fully saturated rings. The van der Waals surface area contributed by atoms with E-state index in [1.54, 1.807) is 12.3 Å². The molecule has 10 heteroatoms. The average Bonchev–Trinajstić information content (AvgIpc) is 3.07. The third kappa shape index (κ3) is 7.81. The molecule has 10 nitrogen and oxygen atoms in total. The van der Waals surface area contributed by atoms with Gasteiger partial charge in [-0.3, -0.25) is 14.8 Å². The summed E-state index contributed by atoms with van der Waals surface area (Å²) in [7, 11) is 0. The molecule has 0 bridgehead atoms. The lowest BCUT2D eigenvalue weighted by Gasteiger charge is -2.20. The Kier molecular flexibility index (Phi) is 10.5. The van der Waals surface area contributed by atoms with Crippen molar-refractivity contribution in [1.82, 2.24) is 4.98 Å². The third-order valence-electron chi connectivity index (χ3n) is 7.76. The van der Waals surface area contributed by atoms with Gasteiger partial charge >= 0.3 is 5.97 Å². The van der Waals surface area contributed by atoms with Gasteiger partial charge in [0.25, 0.3) is 0 Å². The number of rotatable bonds is 13. The van der Waals surface area contributed by atoms with E-state index < -0.39 is 18.5 Å². The number of nitriles is 1. The number of aromatic nitrogens is 1. The van der Waals surface area contributed by atoms with E-state index in [-0.39, 0.29) is 19.6 Å². The van der Waals surface area contributed by atoms with Crippen LogP contribution in [-0.2, 0) is 24.6 Å². The van der Waals surface area contributed by atoms with E-state index in [9.17, 15) is 20.3 Å². The molecule has 1 aromatic heterocycles. The van der Waals surface area contributed by atoms with E-state index >= 15 is 0 Å². The standard InChI is InChI=1S/C36H35N3O7/c1-23-12-30(45-22-29-4-3-5-31(24(29)2)27-6-7-33-35(14-27)44-11-10-43-33)15-34(46-21-26-13-25(16-37)17-39-18-26)32(23)19-38-9-8-28(20-40)36(41)42/h3-7,9,12-15,17-18,28,40H,8,10-11,19-22H2,1-2H3,(H,41,42). The number of aryl methyl sites for hydroxylation is 1. The number of aliphatic hydroxyl groups is 1. The van der Waals surface area contributed by atoms with Crippen LogP contribution in [0.25, 0.3) is 11.1 Å². The maximum Gasteiger partial charge on any atom is 0.309 e. The zero-order chi connectivity index (χ0) is 32.5. The number of carbonyl (C=O) groups is 1. The lowest BCUT2D eigenvalue weighted by molar-refractivity contribution is -0.142. The molecule has 1 aliphatic rings. The summed E-state index contributed by atoms with van der Waals surface area (Å²) >= 11 is 0. The monoisotopic (exact) mass is 621 g/mol. The second-order valence-electron chi connectivity index (χ2n) is 10.9. The van der Waals surface area contributed by atoms with Crippen molar-refractivity contribution in [2.24, 2.45) is 10.9 Å². The molecule has 0 spiro atoms. The van der Waals surface area contributed by atoms with Gasteiger partial charge < -0.3 is 29.2 Å². The highest BCUT2D eigenvalue weighted by Gasteiger charge is 2.17. The van der Waals surface area contributed by atoms with Crippen molar-refractivity contribution in [2.75, 3.05) is 19.8 Å². The van der Waals surface area contributed by atoms with Crippen LogP contribution in [0.4, 0.5) is 0 Å². The maximum absolute atomic E-state index is 11.2. The van der Waals surface area contributed by atoms with Gasteiger partial charge in [-0.15, -0.1) is 0 Å². The van der Waals surface area contributed by atoms with Gasteiger partial charge in [-0.1, -0.05) is 24.3 Å². The molecule has 236 valence electrons. The predicted molar refractivity (Wildman–Crippen MR) is 171 cm³/mol. The van der Waals surface area contributed by atoms with Crippen LogP contribution in [0.3, 0.4) is 0 Å². The summed E-state index contributed by atoms with van der Waals surface area (Å²) in [4.78, 5) is 19.8. The number of fused-ring (bicyclic) bond motifs is 1. The molecule has 1 aliphatic heterocycles. The predicted octanol–water partition coefficient (Wildman–Crippen LogP) is 5.82. The molecule has 4 aromatic rings. The first-order chi connectivity index (χ1) is 22.4. The van der Waals surface area contributed by atoms with Gasteiger partial charge in [0.2, 0.25) is 0 Å². The number of carboxylic acid groups (broad SMARTS) is 1. The van der Waals surface area contributed by atoms with Gasteiger partial charge in [0, 0.05) is 35.8 Å². The first-order valence-corrected chi connectivity index (χ1v) is 14.9. The van der Waals surface area contributed by atoms with Crippen LogP contribution in [0.5, 0.6) is 23.0 Å². The van der Waals surface area contributed by atoms with Crippen molar-refractivity contribution in [3.63, 3.8) is 0 Å². The second-order valence-corrected chi connectivity index (χ2v) is 10.9. The molecule has 5 rings (SSSR count). The number of aliphatic carboxylic acids is 1. The van der Waals surface area contributed by atoms with Crippen LogP contribution < -0.4 is 18.9 Å². The summed E-state index contributed by atoms with van der Waals surface area (Å²) < 4.78 is 24.0. The molecule has 46 heavy (non-hydrogen) atoms. The third-order valence-corrected chi connectivity index (χ3v) is 7.76. The smallest absolute Gasteiger partial charge is 0.309 e. The van der Waals surface area contributed by atoms with Crippen LogP contribution in [0, 0.1) is 31.1 Å². The molecule has 3 aromatic carbocycles. The first-order valence-electron chi connectivity index (χ1n) is 14.9. The Morgan fingerprint density at radius 3 is 2.67 bits per heavy atom. The Bertz CT molecular complexity index is 1780. The largest absolute Gasteiger partial charge is 0.489 e. The van der Waals surface area contributed by atoms with Gasteiger partial charge in [-0.05, 0) is 72.4 Å². The van der Waals surface area contributed by atoms with E-state index in [1.807, 2.05) is 49.4 Å². The molecular formula is C36H35N3O7. The highest BCUT2D eigenvalue weighted by Crippen LogP contribution is 2.36. The van der Waals surface area contributed by atoms with Crippen molar-refractivity contribution in [1.29, 1.82) is 5.26 Å². The first kappa shape index (κ1) is 32.0. The average molecular weight is 622 g/mol. The van der Waals surface area contributed by atoms with Gasteiger partial charge in [-0.25, -0.2) is 0 Å². The zero-order valence-electron chi connectivity index (χ0n) is 25.7. The van der Waals surface area contributed by atoms with Crippen LogP contribution in [0.2, 0.25) is 0 Å². The molecule has 0 aliphatic carbocycles. The minimum Gasteiger partial charge on any atom is -0.489 e. The molecule has 0 saturated heterocycles. The number of hydrogen-bond donors (Lipinski definition) is 2. The number of benzene rings is 3. The minimum atomic E-state index is -1.07. The van der Waals surface area contributed by atoms with Crippen molar-refractivity contribution in [3.05, 3.63) is 100 Å². The second kappa shape index (κ2) is 15.1. The van der Waals surface area contributed by atoms with Crippen LogP contribution in [0.15, 0.2) is 72.0 Å². The molecule has 0 saturated carbocycles. The minimum absolute atomic E-state index is 0.111. The number of ether oxygens (including phenoxy) is 4. The number of nitrogens with zero attached hydrogens (tertiary/aromatic N) is 3. The number of carboxylic acids is 1. The number of hydrogen-bond acceptors (Lipinski definition) is 9. The zero-order valence-corrected chi connectivity index (χ0v) is 25.7. The number of aliphatic hydroxyl groups excluding tert-OH is 1. The molecule has 2 N–H and O–H groups in total. The molecule has 1 atom stereocenters. The van der Waals surface area contributed by atoms with E-state index in [2.05, 4.69) is 29.0 Å². The van der Waals surface area contributed by atoms with Crippen molar-refractivity contribution in [2.45, 2.75) is 40.0 Å². The quantitative estimate of drug-likeness (QED) is 0.177. The molecule has 0 radical (unpaired) electrons. The molecule has 2 heterocycles. The number of pyridine rings is 1. The Hall–Kier alpha value is -5.40. The van der Waals surface area contributed by atoms with E-state index in [4.69, 9.17) is 18.9 Å². The van der Waals surface area contributed by atoms with Crippen molar-refractivity contribution < 1.29 is 34.0 Å². The Labute approximate surface area is 267 Å². The van der Waals surface area contributed by atoms with Crippen molar-refractivity contribution >= 4 is 12.2 Å². The highest BCUT2D eigenvalue weighted by atomic mass is 16.6. The van der Waals surface area contributed by atoms with Gasteiger partial charge in [0.1, 0.15) is 44.0 Å². The summed E-state index contributed by atoms with van der Waals surface area (Å²) in [6.07, 6.45) is 4.76.